The number of methoxy groups -OCH3 is 1. The third kappa shape index (κ3) is 2.99. The number of Topliss-reactive ketones (excluding diaryl/α,β-unsaturated/α-hetero) is 1. The van der Waals surface area contributed by atoms with E-state index >= 15 is 0 Å². The van der Waals surface area contributed by atoms with Gasteiger partial charge in [-0.15, -0.1) is 0 Å². The molecule has 0 bridgehead atoms. The van der Waals surface area contributed by atoms with Gasteiger partial charge in [0.2, 0.25) is 0 Å². The zero-order valence-electron chi connectivity index (χ0n) is 14.1. The number of carbonyl (C=O) groups is 1. The number of hydrogen-bond donors (Lipinski definition) is 0. The van der Waals surface area contributed by atoms with Gasteiger partial charge in [0.05, 0.1) is 7.11 Å². The van der Waals surface area contributed by atoms with Crippen molar-refractivity contribution in [1.29, 1.82) is 0 Å². The van der Waals surface area contributed by atoms with E-state index in [0.29, 0.717) is 30.1 Å². The molecule has 4 nitrogen and oxygen atoms in total. The molecule has 0 unspecified atom stereocenters. The Hall–Kier alpha value is -1.69. The first-order chi connectivity index (χ1) is 11.5. The van der Waals surface area contributed by atoms with Crippen LogP contribution in [0.1, 0.15) is 31.2 Å². The van der Waals surface area contributed by atoms with Crippen molar-refractivity contribution in [2.45, 2.75) is 43.6 Å². The number of rotatable bonds is 5. The number of likely N-dealkylation sites (tertiary alicyclic amines) is 1. The van der Waals surface area contributed by atoms with Crippen LogP contribution in [0.15, 0.2) is 18.2 Å². The Kier molecular flexibility index (Phi) is 4.76. The van der Waals surface area contributed by atoms with Crippen molar-refractivity contribution in [2.75, 3.05) is 27.3 Å². The SMILES string of the molecule is COc1ccc([C@@]23CCC(=O)C[C@@H]2N(C)CC3)cc1OCC(F)F. The molecule has 6 heteroatoms. The number of benzene rings is 1. The first kappa shape index (κ1) is 17.1. The van der Waals surface area contributed by atoms with Crippen LogP contribution >= 0.6 is 0 Å². The Morgan fingerprint density at radius 3 is 2.83 bits per heavy atom. The molecule has 0 aromatic heterocycles. The molecule has 0 radical (unpaired) electrons. The summed E-state index contributed by atoms with van der Waals surface area (Å²) >= 11 is 0. The van der Waals surface area contributed by atoms with E-state index in [2.05, 4.69) is 4.90 Å². The van der Waals surface area contributed by atoms with Crippen molar-refractivity contribution in [1.82, 2.24) is 4.90 Å². The van der Waals surface area contributed by atoms with Crippen LogP contribution in [0.4, 0.5) is 8.78 Å². The average Bonchev–Trinajstić information content (AvgIpc) is 2.90. The highest BCUT2D eigenvalue weighted by Crippen LogP contribution is 2.49. The summed E-state index contributed by atoms with van der Waals surface area (Å²) in [7, 11) is 3.54. The minimum absolute atomic E-state index is 0.113. The summed E-state index contributed by atoms with van der Waals surface area (Å²) in [5.41, 5.74) is 0.937. The third-order valence-electron chi connectivity index (χ3n) is 5.45. The average molecular weight is 339 g/mol. The number of alkyl halides is 2. The van der Waals surface area contributed by atoms with Crippen LogP contribution in [0, 0.1) is 0 Å². The maximum Gasteiger partial charge on any atom is 0.272 e. The molecule has 0 amide bonds. The normalized spacial score (nSPS) is 27.4. The summed E-state index contributed by atoms with van der Waals surface area (Å²) in [5, 5.41) is 0. The fraction of sp³-hybridized carbons (Fsp3) is 0.611. The minimum atomic E-state index is -2.53. The van der Waals surface area contributed by atoms with E-state index in [9.17, 15) is 13.6 Å². The zero-order chi connectivity index (χ0) is 17.3. The number of carbonyl (C=O) groups excluding carboxylic acids is 1. The molecule has 1 aliphatic heterocycles. The van der Waals surface area contributed by atoms with E-state index in [-0.39, 0.29) is 11.5 Å². The third-order valence-corrected chi connectivity index (χ3v) is 5.45. The molecule has 0 spiro atoms. The molecule has 24 heavy (non-hydrogen) atoms. The molecule has 2 atom stereocenters. The monoisotopic (exact) mass is 339 g/mol. The standard InChI is InChI=1S/C18H23F2NO3/c1-21-8-7-18(6-5-13(22)10-16(18)21)12-3-4-14(23-2)15(9-12)24-11-17(19)20/h3-4,9,16-17H,5-8,10-11H2,1-2H3/t16-,18-/m0/s1. The lowest BCUT2D eigenvalue weighted by molar-refractivity contribution is -0.122. The largest absolute Gasteiger partial charge is 0.493 e. The van der Waals surface area contributed by atoms with Gasteiger partial charge in [-0.25, -0.2) is 8.78 Å². The van der Waals surface area contributed by atoms with Gasteiger partial charge in [-0.1, -0.05) is 6.07 Å². The molecule has 2 aliphatic rings. The highest BCUT2D eigenvalue weighted by atomic mass is 19.3. The maximum atomic E-state index is 12.5. The summed E-state index contributed by atoms with van der Waals surface area (Å²) in [4.78, 5) is 14.2. The maximum absolute atomic E-state index is 12.5. The Balaban J connectivity index is 1.95. The van der Waals surface area contributed by atoms with E-state index in [0.717, 1.165) is 24.9 Å². The number of ether oxygens (including phenoxy) is 2. The molecule has 132 valence electrons. The number of fused-ring (bicyclic) bond motifs is 1. The predicted octanol–water partition coefficient (Wildman–Crippen LogP) is 3.03. The van der Waals surface area contributed by atoms with Crippen LogP contribution in [0.5, 0.6) is 11.5 Å². The summed E-state index contributed by atoms with van der Waals surface area (Å²) in [5.74, 6) is 1.09. The van der Waals surface area contributed by atoms with Crippen LogP contribution in [-0.2, 0) is 10.2 Å². The zero-order valence-corrected chi connectivity index (χ0v) is 14.1. The second kappa shape index (κ2) is 6.67. The first-order valence-electron chi connectivity index (χ1n) is 8.27. The Bertz CT molecular complexity index is 622. The molecule has 1 saturated carbocycles. The van der Waals surface area contributed by atoms with Gasteiger partial charge in [-0.2, -0.15) is 0 Å². The Morgan fingerprint density at radius 1 is 1.33 bits per heavy atom. The van der Waals surface area contributed by atoms with Gasteiger partial charge in [0, 0.05) is 24.3 Å². The van der Waals surface area contributed by atoms with E-state index in [1.807, 2.05) is 19.2 Å². The summed E-state index contributed by atoms with van der Waals surface area (Å²) in [6, 6.07) is 5.74. The highest BCUT2D eigenvalue weighted by Gasteiger charge is 2.50. The molecular weight excluding hydrogens is 316 g/mol. The van der Waals surface area contributed by atoms with Crippen molar-refractivity contribution in [3.8, 4) is 11.5 Å². The van der Waals surface area contributed by atoms with Gasteiger partial charge in [-0.05, 0) is 44.1 Å². The lowest BCUT2D eigenvalue weighted by atomic mass is 9.66. The molecule has 2 fully saturated rings. The molecule has 1 aromatic carbocycles. The van der Waals surface area contributed by atoms with Gasteiger partial charge in [0.15, 0.2) is 11.5 Å². The van der Waals surface area contributed by atoms with Crippen LogP contribution in [-0.4, -0.2) is 50.5 Å². The number of hydrogen-bond acceptors (Lipinski definition) is 4. The molecule has 1 heterocycles. The minimum Gasteiger partial charge on any atom is -0.493 e. The van der Waals surface area contributed by atoms with Gasteiger partial charge >= 0.3 is 0 Å². The lowest BCUT2D eigenvalue weighted by Gasteiger charge is -2.41. The molecule has 1 saturated heterocycles. The highest BCUT2D eigenvalue weighted by molar-refractivity contribution is 5.81. The fourth-order valence-corrected chi connectivity index (χ4v) is 4.18. The topological polar surface area (TPSA) is 38.8 Å². The molecule has 1 aliphatic carbocycles. The number of halogens is 2. The lowest BCUT2D eigenvalue weighted by Crippen LogP contribution is -2.46. The number of likely N-dealkylation sites (N-methyl/N-ethyl adjacent to an activating group) is 1. The second-order valence-corrected chi connectivity index (χ2v) is 6.71. The van der Waals surface area contributed by atoms with E-state index in [1.54, 1.807) is 6.07 Å². The van der Waals surface area contributed by atoms with E-state index in [1.165, 1.54) is 7.11 Å². The van der Waals surface area contributed by atoms with Gasteiger partial charge in [0.1, 0.15) is 12.4 Å². The number of ketones is 1. The van der Waals surface area contributed by atoms with Crippen molar-refractivity contribution >= 4 is 5.78 Å². The van der Waals surface area contributed by atoms with Gasteiger partial charge in [-0.3, -0.25) is 4.79 Å². The van der Waals surface area contributed by atoms with Crippen LogP contribution in [0.2, 0.25) is 0 Å². The van der Waals surface area contributed by atoms with Gasteiger partial charge < -0.3 is 14.4 Å². The quantitative estimate of drug-likeness (QED) is 0.827. The summed E-state index contributed by atoms with van der Waals surface area (Å²) in [6.45, 7) is 0.270. The first-order valence-corrected chi connectivity index (χ1v) is 8.27. The molecule has 1 aromatic rings. The van der Waals surface area contributed by atoms with Gasteiger partial charge in [0.25, 0.3) is 6.43 Å². The number of nitrogens with zero attached hydrogens (tertiary/aromatic N) is 1. The van der Waals surface area contributed by atoms with Crippen molar-refractivity contribution in [3.63, 3.8) is 0 Å². The van der Waals surface area contributed by atoms with E-state index in [4.69, 9.17) is 9.47 Å². The van der Waals surface area contributed by atoms with Crippen molar-refractivity contribution in [3.05, 3.63) is 23.8 Å². The van der Waals surface area contributed by atoms with Crippen LogP contribution in [0.25, 0.3) is 0 Å². The van der Waals surface area contributed by atoms with Crippen molar-refractivity contribution in [2.24, 2.45) is 0 Å². The van der Waals surface area contributed by atoms with Crippen LogP contribution < -0.4 is 9.47 Å². The van der Waals surface area contributed by atoms with Crippen molar-refractivity contribution < 1.29 is 23.0 Å². The fourth-order valence-electron chi connectivity index (χ4n) is 4.18. The summed E-state index contributed by atoms with van der Waals surface area (Å²) in [6.07, 6.45) is 0.345. The van der Waals surface area contributed by atoms with E-state index < -0.39 is 13.0 Å². The second-order valence-electron chi connectivity index (χ2n) is 6.71. The Labute approximate surface area is 140 Å². The summed E-state index contributed by atoms with van der Waals surface area (Å²) < 4.78 is 35.5. The molecule has 3 rings (SSSR count). The molecular formula is C18H23F2NO3. The molecule has 0 N–H and O–H groups in total. The Morgan fingerprint density at radius 2 is 2.12 bits per heavy atom. The smallest absolute Gasteiger partial charge is 0.272 e. The predicted molar refractivity (Wildman–Crippen MR) is 86.1 cm³/mol. The van der Waals surface area contributed by atoms with Crippen LogP contribution in [0.3, 0.4) is 0 Å².